The van der Waals surface area contributed by atoms with Crippen molar-refractivity contribution < 1.29 is 10.2 Å². The molecule has 0 fully saturated rings. The molecule has 2 N–H and O–H groups in total. The maximum absolute atomic E-state index is 12.4. The largest absolute Gasteiger partial charge is 0.377 e. The molecule has 4 aromatic rings. The van der Waals surface area contributed by atoms with E-state index in [1.807, 2.05) is 98.8 Å². The molecule has 138 valence electrons. The van der Waals surface area contributed by atoms with Gasteiger partial charge in [-0.2, -0.15) is 0 Å². The Kier molecular flexibility index (Phi) is 3.54. The van der Waals surface area contributed by atoms with E-state index in [1.165, 1.54) is 0 Å². The molecule has 0 heterocycles. The molecular weight excluding hydrogens is 344 g/mol. The molecule has 0 amide bonds. The van der Waals surface area contributed by atoms with Crippen molar-refractivity contribution in [2.45, 2.75) is 25.0 Å². The van der Waals surface area contributed by atoms with Crippen molar-refractivity contribution in [3.63, 3.8) is 0 Å². The average Bonchev–Trinajstić information content (AvgIpc) is 2.91. The van der Waals surface area contributed by atoms with Gasteiger partial charge in [0, 0.05) is 0 Å². The van der Waals surface area contributed by atoms with E-state index in [0.717, 1.165) is 44.2 Å². The number of hydrogen-bond donors (Lipinski definition) is 2. The molecule has 2 atom stereocenters. The van der Waals surface area contributed by atoms with E-state index in [4.69, 9.17) is 0 Å². The van der Waals surface area contributed by atoms with Gasteiger partial charge in [-0.3, -0.25) is 0 Å². The number of benzene rings is 4. The molecule has 0 bridgehead atoms. The first-order valence-corrected chi connectivity index (χ1v) is 9.59. The minimum atomic E-state index is -1.59. The predicted octanol–water partition coefficient (Wildman–Crippen LogP) is 4.94. The van der Waals surface area contributed by atoms with Gasteiger partial charge in [0.15, 0.2) is 11.2 Å². The lowest BCUT2D eigenvalue weighted by Crippen LogP contribution is -2.48. The third-order valence-corrected chi connectivity index (χ3v) is 6.28. The first-order chi connectivity index (χ1) is 13.5. The third-order valence-electron chi connectivity index (χ3n) is 6.28. The van der Waals surface area contributed by atoms with E-state index in [0.29, 0.717) is 0 Å². The van der Waals surface area contributed by atoms with Gasteiger partial charge < -0.3 is 10.2 Å². The summed E-state index contributed by atoms with van der Waals surface area (Å²) in [7, 11) is 0. The van der Waals surface area contributed by atoms with Gasteiger partial charge in [-0.05, 0) is 58.0 Å². The van der Waals surface area contributed by atoms with E-state index in [9.17, 15) is 10.2 Å². The fraction of sp³-hybridized carbons (Fsp3) is 0.154. The molecular formula is C26H22O2. The van der Waals surface area contributed by atoms with Crippen LogP contribution in [0.1, 0.15) is 33.4 Å². The summed E-state index contributed by atoms with van der Waals surface area (Å²) in [5, 5.41) is 26.8. The molecule has 1 aliphatic carbocycles. The molecule has 0 saturated heterocycles. The van der Waals surface area contributed by atoms with Crippen LogP contribution in [0.5, 0.6) is 0 Å². The van der Waals surface area contributed by atoms with Crippen molar-refractivity contribution in [2.24, 2.45) is 0 Å². The van der Waals surface area contributed by atoms with Crippen LogP contribution >= 0.6 is 0 Å². The lowest BCUT2D eigenvalue weighted by molar-refractivity contribution is -0.105. The highest BCUT2D eigenvalue weighted by Gasteiger charge is 2.60. The monoisotopic (exact) mass is 366 g/mol. The Morgan fingerprint density at radius 1 is 0.500 bits per heavy atom. The average molecular weight is 366 g/mol. The lowest BCUT2D eigenvalue weighted by Gasteiger charge is -2.42. The molecule has 5 rings (SSSR count). The van der Waals surface area contributed by atoms with Gasteiger partial charge in [0.2, 0.25) is 0 Å². The summed E-state index contributed by atoms with van der Waals surface area (Å²) in [4.78, 5) is 0. The predicted molar refractivity (Wildman–Crippen MR) is 112 cm³/mol. The van der Waals surface area contributed by atoms with Crippen molar-refractivity contribution in [1.82, 2.24) is 0 Å². The summed E-state index contributed by atoms with van der Waals surface area (Å²) in [5.74, 6) is 0. The zero-order valence-corrected chi connectivity index (χ0v) is 16.0. The highest BCUT2D eigenvalue weighted by Crippen LogP contribution is 2.58. The van der Waals surface area contributed by atoms with Gasteiger partial charge in [-0.1, -0.05) is 84.9 Å². The molecule has 2 heteroatoms. The second-order valence-corrected chi connectivity index (χ2v) is 7.76. The van der Waals surface area contributed by atoms with Crippen molar-refractivity contribution in [3.8, 4) is 0 Å². The molecule has 0 aliphatic heterocycles. The number of hydrogen-bond acceptors (Lipinski definition) is 2. The molecule has 0 aromatic heterocycles. The molecule has 1 aliphatic rings. The van der Waals surface area contributed by atoms with Crippen LogP contribution < -0.4 is 0 Å². The molecule has 0 saturated carbocycles. The third kappa shape index (κ3) is 1.94. The van der Waals surface area contributed by atoms with Gasteiger partial charge in [0.1, 0.15) is 0 Å². The van der Waals surface area contributed by atoms with Crippen LogP contribution in [-0.2, 0) is 11.2 Å². The van der Waals surface area contributed by atoms with Crippen LogP contribution in [0.3, 0.4) is 0 Å². The maximum Gasteiger partial charge on any atom is 0.152 e. The molecule has 4 aromatic carbocycles. The summed E-state index contributed by atoms with van der Waals surface area (Å²) < 4.78 is 0. The Labute approximate surface area is 164 Å². The quantitative estimate of drug-likeness (QED) is 0.527. The maximum atomic E-state index is 12.4. The zero-order valence-electron chi connectivity index (χ0n) is 16.0. The summed E-state index contributed by atoms with van der Waals surface area (Å²) in [6, 6.07) is 27.4. The summed E-state index contributed by atoms with van der Waals surface area (Å²) in [6.07, 6.45) is 0. The van der Waals surface area contributed by atoms with Crippen LogP contribution in [0.15, 0.2) is 84.9 Å². The van der Waals surface area contributed by atoms with Crippen molar-refractivity contribution >= 4 is 10.8 Å². The van der Waals surface area contributed by atoms with Gasteiger partial charge >= 0.3 is 0 Å². The minimum absolute atomic E-state index is 0.726. The van der Waals surface area contributed by atoms with Gasteiger partial charge in [0.25, 0.3) is 0 Å². The Bertz CT molecular complexity index is 1130. The first kappa shape index (κ1) is 17.2. The van der Waals surface area contributed by atoms with E-state index >= 15 is 0 Å². The van der Waals surface area contributed by atoms with Crippen LogP contribution in [0, 0.1) is 13.8 Å². The Morgan fingerprint density at radius 2 is 0.893 bits per heavy atom. The van der Waals surface area contributed by atoms with E-state index < -0.39 is 11.2 Å². The molecule has 2 nitrogen and oxygen atoms in total. The molecule has 0 radical (unpaired) electrons. The van der Waals surface area contributed by atoms with Crippen molar-refractivity contribution in [3.05, 3.63) is 118 Å². The lowest BCUT2D eigenvalue weighted by atomic mass is 9.70. The summed E-state index contributed by atoms with van der Waals surface area (Å²) in [5.41, 5.74) is 1.67. The number of rotatable bonds is 2. The second kappa shape index (κ2) is 5.78. The number of aryl methyl sites for hydroxylation is 2. The highest BCUT2D eigenvalue weighted by molar-refractivity contribution is 5.95. The number of aliphatic hydroxyl groups is 2. The van der Waals surface area contributed by atoms with Crippen LogP contribution in [-0.4, -0.2) is 10.2 Å². The van der Waals surface area contributed by atoms with Crippen molar-refractivity contribution in [1.29, 1.82) is 0 Å². The minimum Gasteiger partial charge on any atom is -0.377 e. The normalized spacial score (nSPS) is 23.3. The SMILES string of the molecule is Cc1ccccc1C1(O)c2cccc3cccc(c23)C1(O)c1ccccc1C. The Balaban J connectivity index is 1.99. The summed E-state index contributed by atoms with van der Waals surface area (Å²) in [6.45, 7) is 3.96. The second-order valence-electron chi connectivity index (χ2n) is 7.76. The van der Waals surface area contributed by atoms with Gasteiger partial charge in [-0.25, -0.2) is 0 Å². The van der Waals surface area contributed by atoms with Crippen LogP contribution in [0.4, 0.5) is 0 Å². The Hall–Kier alpha value is -2.94. The topological polar surface area (TPSA) is 40.5 Å². The van der Waals surface area contributed by atoms with E-state index in [1.54, 1.807) is 0 Å². The Morgan fingerprint density at radius 3 is 1.32 bits per heavy atom. The zero-order chi connectivity index (χ0) is 19.5. The molecule has 0 spiro atoms. The molecule has 28 heavy (non-hydrogen) atoms. The summed E-state index contributed by atoms with van der Waals surface area (Å²) >= 11 is 0. The van der Waals surface area contributed by atoms with Gasteiger partial charge in [0.05, 0.1) is 0 Å². The smallest absolute Gasteiger partial charge is 0.152 e. The fourth-order valence-electron chi connectivity index (χ4n) is 4.97. The fourth-order valence-corrected chi connectivity index (χ4v) is 4.97. The van der Waals surface area contributed by atoms with Gasteiger partial charge in [-0.15, -0.1) is 0 Å². The van der Waals surface area contributed by atoms with E-state index in [-0.39, 0.29) is 0 Å². The van der Waals surface area contributed by atoms with Crippen LogP contribution in [0.25, 0.3) is 10.8 Å². The first-order valence-electron chi connectivity index (χ1n) is 9.59. The van der Waals surface area contributed by atoms with Crippen molar-refractivity contribution in [2.75, 3.05) is 0 Å². The highest BCUT2D eigenvalue weighted by atomic mass is 16.4. The standard InChI is InChI=1S/C26H22O2/c1-17-9-3-5-13-20(17)25(27)22-15-7-11-19-12-8-16-23(24(19)22)26(25,28)21-14-6-4-10-18(21)2/h3-16,27-28H,1-2H3. The molecule has 2 unspecified atom stereocenters. The van der Waals surface area contributed by atoms with Crippen LogP contribution in [0.2, 0.25) is 0 Å². The van der Waals surface area contributed by atoms with E-state index in [2.05, 4.69) is 0 Å².